The van der Waals surface area contributed by atoms with Gasteiger partial charge in [-0.05, 0) is 96.3 Å². The second-order valence-electron chi connectivity index (χ2n) is 19.7. The molecule has 0 bridgehead atoms. The van der Waals surface area contributed by atoms with E-state index in [-0.39, 0.29) is 24.9 Å². The van der Waals surface area contributed by atoms with Crippen molar-refractivity contribution in [3.8, 4) is 0 Å². The second-order valence-corrected chi connectivity index (χ2v) is 19.7. The molecular formula is C61H111NO5. The molecule has 0 aromatic carbocycles. The van der Waals surface area contributed by atoms with Crippen LogP contribution in [0.5, 0.6) is 0 Å². The average Bonchev–Trinajstić information content (AvgIpc) is 3.32. The van der Waals surface area contributed by atoms with Gasteiger partial charge in [-0.2, -0.15) is 0 Å². The number of carbonyl (C=O) groups is 2. The lowest BCUT2D eigenvalue weighted by Gasteiger charge is -2.24. The van der Waals surface area contributed by atoms with E-state index in [0.29, 0.717) is 19.3 Å². The largest absolute Gasteiger partial charge is 0.462 e. The Morgan fingerprint density at radius 2 is 0.761 bits per heavy atom. The number of esters is 1. The molecule has 0 saturated carbocycles. The number of ether oxygens (including phenoxy) is 1. The van der Waals surface area contributed by atoms with Crippen LogP contribution in [0.4, 0.5) is 0 Å². The summed E-state index contributed by atoms with van der Waals surface area (Å²) in [5, 5.41) is 23.8. The highest BCUT2D eigenvalue weighted by Gasteiger charge is 2.24. The van der Waals surface area contributed by atoms with Crippen molar-refractivity contribution in [3.05, 3.63) is 60.8 Å². The van der Waals surface area contributed by atoms with Crippen LogP contribution in [0.25, 0.3) is 0 Å². The van der Waals surface area contributed by atoms with Gasteiger partial charge in [-0.3, -0.25) is 9.59 Å². The lowest BCUT2D eigenvalue weighted by molar-refractivity contribution is -0.151. The number of hydrogen-bond donors (Lipinski definition) is 3. The summed E-state index contributed by atoms with van der Waals surface area (Å²) >= 11 is 0. The van der Waals surface area contributed by atoms with E-state index in [4.69, 9.17) is 4.74 Å². The van der Waals surface area contributed by atoms with Crippen molar-refractivity contribution in [2.75, 3.05) is 6.61 Å². The van der Waals surface area contributed by atoms with Crippen LogP contribution in [0.1, 0.15) is 290 Å². The van der Waals surface area contributed by atoms with Crippen molar-refractivity contribution in [2.24, 2.45) is 0 Å². The summed E-state index contributed by atoms with van der Waals surface area (Å²) in [6, 6.07) is -0.711. The Kier molecular flexibility index (Phi) is 52.5. The lowest BCUT2D eigenvalue weighted by Crippen LogP contribution is -2.46. The van der Waals surface area contributed by atoms with Gasteiger partial charge in [0.1, 0.15) is 6.10 Å². The maximum absolute atomic E-state index is 13.3. The first-order chi connectivity index (χ1) is 33.0. The van der Waals surface area contributed by atoms with Gasteiger partial charge in [0.2, 0.25) is 5.91 Å². The minimum Gasteiger partial charge on any atom is -0.462 e. The Bertz CT molecular complexity index is 1190. The summed E-state index contributed by atoms with van der Waals surface area (Å²) in [4.78, 5) is 26.3. The fourth-order valence-corrected chi connectivity index (χ4v) is 8.64. The number of amides is 1. The number of aliphatic hydroxyl groups excluding tert-OH is 2. The summed E-state index contributed by atoms with van der Waals surface area (Å²) in [6.45, 7) is 6.46. The Hall–Kier alpha value is -2.44. The molecule has 0 fully saturated rings. The maximum atomic E-state index is 13.3. The number of carbonyl (C=O) groups excluding carboxylic acids is 2. The number of nitrogens with one attached hydrogen (secondary N) is 1. The summed E-state index contributed by atoms with van der Waals surface area (Å²) in [6.07, 6.45) is 68.5. The highest BCUT2D eigenvalue weighted by Crippen LogP contribution is 2.18. The molecule has 3 unspecified atom stereocenters. The molecule has 0 heterocycles. The SMILES string of the molecule is CCCCC/C=C\C/C=C\C/C=C\C/C=C\CCCCCC(=O)OC(CCCCCCCCC/C=C/CCCCCCCC)CC(=O)NC(CO)C(O)CCCCCCCCCCCCCC. The molecule has 3 atom stereocenters. The Balaban J connectivity index is 4.63. The van der Waals surface area contributed by atoms with E-state index in [2.05, 4.69) is 86.8 Å². The number of rotatable bonds is 52. The van der Waals surface area contributed by atoms with Crippen molar-refractivity contribution in [1.29, 1.82) is 0 Å². The molecule has 67 heavy (non-hydrogen) atoms. The zero-order valence-corrected chi connectivity index (χ0v) is 44.5. The smallest absolute Gasteiger partial charge is 0.306 e. The molecule has 0 aliphatic carbocycles. The Morgan fingerprint density at radius 1 is 0.433 bits per heavy atom. The summed E-state index contributed by atoms with van der Waals surface area (Å²) < 4.78 is 5.95. The Morgan fingerprint density at radius 3 is 1.19 bits per heavy atom. The van der Waals surface area contributed by atoms with E-state index in [9.17, 15) is 19.8 Å². The van der Waals surface area contributed by atoms with Gasteiger partial charge in [-0.1, -0.05) is 242 Å². The lowest BCUT2D eigenvalue weighted by atomic mass is 10.0. The van der Waals surface area contributed by atoms with E-state index in [1.165, 1.54) is 161 Å². The van der Waals surface area contributed by atoms with Crippen molar-refractivity contribution in [2.45, 2.75) is 309 Å². The van der Waals surface area contributed by atoms with Crippen LogP contribution in [0, 0.1) is 0 Å². The molecule has 6 nitrogen and oxygen atoms in total. The minimum absolute atomic E-state index is 0.0615. The van der Waals surface area contributed by atoms with Crippen LogP contribution < -0.4 is 5.32 Å². The third-order valence-electron chi connectivity index (χ3n) is 13.1. The first-order valence-corrected chi connectivity index (χ1v) is 29.0. The molecule has 0 aliphatic heterocycles. The highest BCUT2D eigenvalue weighted by atomic mass is 16.5. The fraction of sp³-hybridized carbons (Fsp3) is 0.803. The van der Waals surface area contributed by atoms with Crippen LogP contribution in [0.2, 0.25) is 0 Å². The third-order valence-corrected chi connectivity index (χ3v) is 13.1. The van der Waals surface area contributed by atoms with E-state index in [1.54, 1.807) is 0 Å². The van der Waals surface area contributed by atoms with Gasteiger partial charge in [0.05, 0.1) is 25.2 Å². The van der Waals surface area contributed by atoms with Gasteiger partial charge in [0.15, 0.2) is 0 Å². The monoisotopic (exact) mass is 938 g/mol. The van der Waals surface area contributed by atoms with Crippen molar-refractivity contribution < 1.29 is 24.5 Å². The molecule has 0 aliphatic rings. The number of aliphatic hydroxyl groups is 2. The summed E-state index contributed by atoms with van der Waals surface area (Å²) in [7, 11) is 0. The van der Waals surface area contributed by atoms with Gasteiger partial charge in [0, 0.05) is 6.42 Å². The predicted octanol–water partition coefficient (Wildman–Crippen LogP) is 18.0. The average molecular weight is 939 g/mol. The normalized spacial score (nSPS) is 13.6. The molecular weight excluding hydrogens is 827 g/mol. The van der Waals surface area contributed by atoms with E-state index >= 15 is 0 Å². The van der Waals surface area contributed by atoms with Crippen LogP contribution >= 0.6 is 0 Å². The fourth-order valence-electron chi connectivity index (χ4n) is 8.64. The molecule has 6 heteroatoms. The van der Waals surface area contributed by atoms with Gasteiger partial charge in [-0.15, -0.1) is 0 Å². The predicted molar refractivity (Wildman–Crippen MR) is 292 cm³/mol. The molecule has 0 rings (SSSR count). The van der Waals surface area contributed by atoms with Crippen molar-refractivity contribution in [1.82, 2.24) is 5.32 Å². The molecule has 0 aromatic rings. The third kappa shape index (κ3) is 49.8. The van der Waals surface area contributed by atoms with Gasteiger partial charge >= 0.3 is 5.97 Å². The second kappa shape index (κ2) is 54.5. The zero-order chi connectivity index (χ0) is 48.8. The van der Waals surface area contributed by atoms with E-state index < -0.39 is 18.2 Å². The zero-order valence-electron chi connectivity index (χ0n) is 44.5. The molecule has 0 aromatic heterocycles. The molecule has 390 valence electrons. The molecule has 0 saturated heterocycles. The summed E-state index contributed by atoms with van der Waals surface area (Å²) in [5.41, 5.74) is 0. The standard InChI is InChI=1S/C61H111NO5/c1-4-7-10-13-16-19-22-25-27-29-30-32-34-36-39-42-45-48-51-54-61(66)67-57(52-49-46-43-40-37-35-33-31-28-26-23-20-17-14-11-8-5-2)55-60(65)62-58(56-63)59(64)53-50-47-44-41-38-24-21-18-15-12-9-6-3/h16,19,25-28,30,32,36,39,57-59,63-64H,4-15,17-18,20-24,29,31,33-35,37-38,40-56H2,1-3H3,(H,62,65)/b19-16-,27-25-,28-26+,32-30-,39-36-. The number of unbranched alkanes of at least 4 members (excludes halogenated alkanes) is 30. The quantitative estimate of drug-likeness (QED) is 0.0321. The van der Waals surface area contributed by atoms with Gasteiger partial charge in [0.25, 0.3) is 0 Å². The number of hydrogen-bond acceptors (Lipinski definition) is 5. The van der Waals surface area contributed by atoms with Crippen LogP contribution in [-0.4, -0.2) is 46.9 Å². The molecule has 0 radical (unpaired) electrons. The maximum Gasteiger partial charge on any atom is 0.306 e. The highest BCUT2D eigenvalue weighted by molar-refractivity contribution is 5.77. The Labute approximate surface area is 416 Å². The van der Waals surface area contributed by atoms with E-state index in [0.717, 1.165) is 83.5 Å². The van der Waals surface area contributed by atoms with E-state index in [1.807, 2.05) is 0 Å². The summed E-state index contributed by atoms with van der Waals surface area (Å²) in [5.74, 6) is -0.507. The van der Waals surface area contributed by atoms with Gasteiger partial charge < -0.3 is 20.3 Å². The van der Waals surface area contributed by atoms with Crippen LogP contribution in [0.15, 0.2) is 60.8 Å². The minimum atomic E-state index is -0.796. The first kappa shape index (κ1) is 64.6. The van der Waals surface area contributed by atoms with Crippen molar-refractivity contribution in [3.63, 3.8) is 0 Å². The van der Waals surface area contributed by atoms with Crippen molar-refractivity contribution >= 4 is 11.9 Å². The molecule has 0 spiro atoms. The van der Waals surface area contributed by atoms with Crippen LogP contribution in [-0.2, 0) is 14.3 Å². The molecule has 1 amide bonds. The number of allylic oxidation sites excluding steroid dienone is 10. The van der Waals surface area contributed by atoms with Crippen LogP contribution in [0.3, 0.4) is 0 Å². The molecule has 3 N–H and O–H groups in total. The van der Waals surface area contributed by atoms with Gasteiger partial charge in [-0.25, -0.2) is 0 Å². The first-order valence-electron chi connectivity index (χ1n) is 29.0. The topological polar surface area (TPSA) is 95.9 Å².